The van der Waals surface area contributed by atoms with Gasteiger partial charge in [0.2, 0.25) is 11.5 Å². The van der Waals surface area contributed by atoms with Crippen molar-refractivity contribution in [2.45, 2.75) is 12.1 Å². The number of nitrogens with zero attached hydrogens (tertiary/aromatic N) is 1. The molecule has 1 amide bonds. The Morgan fingerprint density at radius 2 is 1.85 bits per heavy atom. The molecule has 0 aliphatic carbocycles. The predicted octanol–water partition coefficient (Wildman–Crippen LogP) is 5.35. The molecule has 0 bridgehead atoms. The Morgan fingerprint density at radius 1 is 1.15 bits per heavy atom. The maximum absolute atomic E-state index is 13.7. The first-order valence-electron chi connectivity index (χ1n) is 11.3. The molecule has 1 atom stereocenters. The van der Waals surface area contributed by atoms with Crippen LogP contribution in [0.1, 0.15) is 38.1 Å². The number of carboxylic acids is 1. The number of H-pyrrole nitrogens is 1. The minimum atomic E-state index is -5.05. The maximum atomic E-state index is 13.7. The molecular formula is C25H20ClF3N2O8. The summed E-state index contributed by atoms with van der Waals surface area (Å²) in [4.78, 5) is 28.8. The number of carboxylic acid groups (broad SMARTS) is 1. The fourth-order valence-electron chi connectivity index (χ4n) is 5.04. The second-order valence-electron chi connectivity index (χ2n) is 8.70. The third-order valence-electron chi connectivity index (χ3n) is 6.63. The topological polar surface area (TPSA) is 134 Å². The third-order valence-corrected chi connectivity index (χ3v) is 7.00. The normalized spacial score (nSPS) is 15.2. The van der Waals surface area contributed by atoms with Crippen LogP contribution >= 0.6 is 11.6 Å². The lowest BCUT2D eigenvalue weighted by Crippen LogP contribution is -2.29. The average molecular weight is 569 g/mol. The maximum Gasteiger partial charge on any atom is 0.432 e. The quantitative estimate of drug-likeness (QED) is 0.265. The van der Waals surface area contributed by atoms with Crippen molar-refractivity contribution < 1.29 is 51.6 Å². The third kappa shape index (κ3) is 3.87. The minimum absolute atomic E-state index is 0.00783. The predicted molar refractivity (Wildman–Crippen MR) is 133 cm³/mol. The number of aromatic amines is 1. The number of nitrogens with one attached hydrogen (secondary N) is 1. The van der Waals surface area contributed by atoms with Gasteiger partial charge >= 0.3 is 12.1 Å². The highest BCUT2D eigenvalue weighted by Crippen LogP contribution is 2.50. The Hall–Kier alpha value is -4.26. The number of amides is 1. The van der Waals surface area contributed by atoms with E-state index in [4.69, 9.17) is 30.2 Å². The number of aromatic nitrogens is 1. The second-order valence-corrected chi connectivity index (χ2v) is 9.01. The van der Waals surface area contributed by atoms with Crippen molar-refractivity contribution in [1.29, 1.82) is 0 Å². The van der Waals surface area contributed by atoms with Gasteiger partial charge < -0.3 is 38.7 Å². The van der Waals surface area contributed by atoms with Gasteiger partial charge in [0.15, 0.2) is 17.1 Å². The zero-order chi connectivity index (χ0) is 28.4. The number of hydrogen-bond donors (Lipinski definition) is 3. The fraction of sp³-hybridized carbons (Fsp3) is 0.280. The van der Waals surface area contributed by atoms with E-state index < -0.39 is 46.5 Å². The van der Waals surface area contributed by atoms with Crippen molar-refractivity contribution >= 4 is 51.0 Å². The highest BCUT2D eigenvalue weighted by molar-refractivity contribution is 6.20. The lowest BCUT2D eigenvalue weighted by Gasteiger charge is -2.16. The van der Waals surface area contributed by atoms with Gasteiger partial charge in [-0.2, -0.15) is 13.2 Å². The van der Waals surface area contributed by atoms with Crippen molar-refractivity contribution in [3.05, 3.63) is 40.8 Å². The largest absolute Gasteiger partial charge is 0.506 e. The number of carbonyl (C=O) groups is 2. The van der Waals surface area contributed by atoms with E-state index in [1.54, 1.807) is 6.07 Å². The first-order chi connectivity index (χ1) is 18.5. The molecule has 0 saturated carbocycles. The van der Waals surface area contributed by atoms with Crippen LogP contribution in [0.2, 0.25) is 0 Å². The Labute approximate surface area is 222 Å². The van der Waals surface area contributed by atoms with Gasteiger partial charge in [-0.05, 0) is 17.7 Å². The number of ether oxygens (including phenoxy) is 3. The Kier molecular flexibility index (Phi) is 6.21. The van der Waals surface area contributed by atoms with Crippen LogP contribution in [0.3, 0.4) is 0 Å². The van der Waals surface area contributed by atoms with Crippen molar-refractivity contribution in [2.75, 3.05) is 38.7 Å². The average Bonchev–Trinajstić information content (AvgIpc) is 3.59. The molecule has 14 heteroatoms. The van der Waals surface area contributed by atoms with E-state index in [0.29, 0.717) is 11.1 Å². The van der Waals surface area contributed by atoms with E-state index in [1.165, 1.54) is 32.3 Å². The number of hydrogen-bond acceptors (Lipinski definition) is 7. The first kappa shape index (κ1) is 26.4. The molecule has 206 valence electrons. The fourth-order valence-corrected chi connectivity index (χ4v) is 5.29. The monoisotopic (exact) mass is 568 g/mol. The van der Waals surface area contributed by atoms with Gasteiger partial charge in [0, 0.05) is 35.2 Å². The Bertz CT molecular complexity index is 1660. The van der Waals surface area contributed by atoms with Crippen LogP contribution in [-0.4, -0.2) is 60.8 Å². The molecule has 1 aliphatic rings. The number of anilines is 1. The molecule has 3 heterocycles. The summed E-state index contributed by atoms with van der Waals surface area (Å²) in [6.07, 6.45) is -5.05. The number of benzene rings is 2. The van der Waals surface area contributed by atoms with Gasteiger partial charge in [-0.15, -0.1) is 11.6 Å². The molecule has 0 unspecified atom stereocenters. The number of fused-ring (bicyclic) bond motifs is 4. The van der Waals surface area contributed by atoms with Crippen LogP contribution in [-0.2, 0) is 6.18 Å². The smallest absolute Gasteiger partial charge is 0.432 e. The number of aromatic hydroxyl groups is 1. The Balaban J connectivity index is 1.71. The number of aromatic carboxylic acids is 1. The summed E-state index contributed by atoms with van der Waals surface area (Å²) in [5.74, 6) is -3.57. The first-order valence-corrected chi connectivity index (χ1v) is 11.8. The molecular weight excluding hydrogens is 549 g/mol. The number of phenols is 1. The van der Waals surface area contributed by atoms with Crippen LogP contribution < -0.4 is 19.1 Å². The number of methoxy groups -OCH3 is 3. The van der Waals surface area contributed by atoms with E-state index in [0.717, 1.165) is 6.07 Å². The minimum Gasteiger partial charge on any atom is -0.506 e. The molecule has 4 aromatic rings. The molecule has 0 saturated heterocycles. The van der Waals surface area contributed by atoms with Gasteiger partial charge in [0.1, 0.15) is 11.4 Å². The number of furan rings is 1. The zero-order valence-electron chi connectivity index (χ0n) is 20.5. The summed E-state index contributed by atoms with van der Waals surface area (Å²) >= 11 is 6.14. The second kappa shape index (κ2) is 9.19. The molecule has 39 heavy (non-hydrogen) atoms. The Morgan fingerprint density at radius 3 is 2.41 bits per heavy atom. The van der Waals surface area contributed by atoms with Gasteiger partial charge in [-0.1, -0.05) is 0 Å². The lowest BCUT2D eigenvalue weighted by atomic mass is 9.95. The molecule has 10 nitrogen and oxygen atoms in total. The molecule has 0 fully saturated rings. The summed E-state index contributed by atoms with van der Waals surface area (Å²) in [5, 5.41) is 20.4. The van der Waals surface area contributed by atoms with Crippen molar-refractivity contribution in [1.82, 2.24) is 4.98 Å². The van der Waals surface area contributed by atoms with Gasteiger partial charge in [0.25, 0.3) is 5.91 Å². The summed E-state index contributed by atoms with van der Waals surface area (Å²) in [6.45, 7) is -0.108. The highest BCUT2D eigenvalue weighted by atomic mass is 35.5. The standard InChI is InChI=1S/C25H20ClF3N2O8/c1-36-13-4-9-5-14(39-19(9)21(38-3)20(13)37-2)23(33)31-8-10(7-26)15-11(31)6-12(32)18-16(15)17(24(34)35)22(30-18)25(27,28)29/h4-6,10,30,32H,7-8H2,1-3H3,(H,34,35)/t10-/m1/s1. The summed E-state index contributed by atoms with van der Waals surface area (Å²) in [7, 11) is 4.20. The molecule has 5 rings (SSSR count). The molecule has 2 aromatic carbocycles. The SMILES string of the molecule is COc1cc2cc(C(=O)N3C[C@@H](CCl)c4c3cc(O)c3[nH]c(C(F)(F)F)c(C(=O)O)c43)oc2c(OC)c1OC. The van der Waals surface area contributed by atoms with E-state index >= 15 is 0 Å². The summed E-state index contributed by atoms with van der Waals surface area (Å²) < 4.78 is 63.0. The number of carbonyl (C=O) groups excluding carboxylic acids is 1. The van der Waals surface area contributed by atoms with E-state index in [9.17, 15) is 33.0 Å². The highest BCUT2D eigenvalue weighted by Gasteiger charge is 2.43. The van der Waals surface area contributed by atoms with Crippen LogP contribution in [0.4, 0.5) is 18.9 Å². The summed E-state index contributed by atoms with van der Waals surface area (Å²) in [5.41, 5.74) is -2.74. The lowest BCUT2D eigenvalue weighted by molar-refractivity contribution is -0.141. The molecule has 0 spiro atoms. The van der Waals surface area contributed by atoms with E-state index in [1.807, 2.05) is 4.98 Å². The molecule has 1 aliphatic heterocycles. The van der Waals surface area contributed by atoms with Gasteiger partial charge in [-0.25, -0.2) is 4.79 Å². The van der Waals surface area contributed by atoms with Gasteiger partial charge in [-0.3, -0.25) is 4.79 Å². The van der Waals surface area contributed by atoms with Crippen LogP contribution in [0, 0.1) is 0 Å². The van der Waals surface area contributed by atoms with E-state index in [2.05, 4.69) is 0 Å². The van der Waals surface area contributed by atoms with Gasteiger partial charge in [0.05, 0.1) is 38.1 Å². The molecule has 0 radical (unpaired) electrons. The number of halogens is 4. The van der Waals surface area contributed by atoms with Crippen molar-refractivity contribution in [2.24, 2.45) is 0 Å². The van der Waals surface area contributed by atoms with Crippen LogP contribution in [0.5, 0.6) is 23.0 Å². The zero-order valence-corrected chi connectivity index (χ0v) is 21.3. The van der Waals surface area contributed by atoms with Crippen molar-refractivity contribution in [3.8, 4) is 23.0 Å². The number of phenolic OH excluding ortho intramolecular Hbond substituents is 1. The number of alkyl halides is 4. The van der Waals surface area contributed by atoms with Crippen LogP contribution in [0.25, 0.3) is 21.9 Å². The number of rotatable bonds is 6. The molecule has 2 aromatic heterocycles. The van der Waals surface area contributed by atoms with Crippen molar-refractivity contribution in [3.63, 3.8) is 0 Å². The summed E-state index contributed by atoms with van der Waals surface area (Å²) in [6, 6.07) is 4.10. The molecule has 3 N–H and O–H groups in total. The van der Waals surface area contributed by atoms with E-state index in [-0.39, 0.29) is 51.9 Å². The van der Waals surface area contributed by atoms with Crippen LogP contribution in [0.15, 0.2) is 22.6 Å².